The van der Waals surface area contributed by atoms with E-state index in [0.717, 1.165) is 11.3 Å². The summed E-state index contributed by atoms with van der Waals surface area (Å²) in [6, 6.07) is 5.73. The monoisotopic (exact) mass is 443 g/mol. The molecule has 12 nitrogen and oxygen atoms in total. The third-order valence-electron chi connectivity index (χ3n) is 5.02. The Hall–Kier alpha value is -3.80. The molecule has 2 aromatic rings. The predicted molar refractivity (Wildman–Crippen MR) is 116 cm³/mol. The second-order valence-corrected chi connectivity index (χ2v) is 7.38. The third kappa shape index (κ3) is 5.09. The molecule has 5 N–H and O–H groups in total. The van der Waals surface area contributed by atoms with Crippen molar-refractivity contribution in [1.82, 2.24) is 20.3 Å². The Morgan fingerprint density at radius 2 is 2.19 bits per heavy atom. The van der Waals surface area contributed by atoms with E-state index in [9.17, 15) is 9.59 Å². The van der Waals surface area contributed by atoms with Gasteiger partial charge in [0.25, 0.3) is 5.56 Å². The number of nitrogens with two attached hydrogens (primary N) is 1. The van der Waals surface area contributed by atoms with Crippen molar-refractivity contribution in [3.05, 3.63) is 46.0 Å². The highest BCUT2D eigenvalue weighted by atomic mass is 16.7. The SMILES string of the molecule is Cc1cnc(NCCc2ccc3c(c2)OCO3)c(=O)n1CC(=O)NCC1CN=C(N)NO1. The highest BCUT2D eigenvalue weighted by Crippen LogP contribution is 2.32. The molecule has 12 heteroatoms. The van der Waals surface area contributed by atoms with Crippen LogP contribution in [-0.4, -0.2) is 53.9 Å². The molecule has 0 aliphatic carbocycles. The van der Waals surface area contributed by atoms with E-state index < -0.39 is 0 Å². The van der Waals surface area contributed by atoms with Gasteiger partial charge in [-0.1, -0.05) is 6.07 Å². The van der Waals surface area contributed by atoms with Gasteiger partial charge in [-0.05, 0) is 31.0 Å². The molecule has 0 radical (unpaired) electrons. The Labute approximate surface area is 183 Å². The fourth-order valence-electron chi connectivity index (χ4n) is 3.26. The summed E-state index contributed by atoms with van der Waals surface area (Å²) in [5.74, 6) is 1.51. The lowest BCUT2D eigenvalue weighted by Gasteiger charge is -2.21. The van der Waals surface area contributed by atoms with Crippen molar-refractivity contribution in [2.75, 3.05) is 31.7 Å². The Kier molecular flexibility index (Phi) is 6.40. The molecular weight excluding hydrogens is 418 g/mol. The minimum atomic E-state index is -0.362. The molecule has 4 rings (SSSR count). The number of carbonyl (C=O) groups excluding carboxylic acids is 1. The van der Waals surface area contributed by atoms with Crippen LogP contribution >= 0.6 is 0 Å². The number of aromatic nitrogens is 2. The van der Waals surface area contributed by atoms with Gasteiger partial charge in [0.2, 0.25) is 18.7 Å². The van der Waals surface area contributed by atoms with Crippen molar-refractivity contribution in [3.8, 4) is 11.5 Å². The lowest BCUT2D eigenvalue weighted by atomic mass is 10.1. The molecule has 2 aliphatic rings. The Bertz CT molecular complexity index is 1080. The highest BCUT2D eigenvalue weighted by Gasteiger charge is 2.17. The number of carbonyl (C=O) groups is 1. The van der Waals surface area contributed by atoms with Crippen LogP contribution in [0.4, 0.5) is 5.82 Å². The topological polar surface area (TPSA) is 154 Å². The van der Waals surface area contributed by atoms with Crippen LogP contribution in [0, 0.1) is 6.92 Å². The van der Waals surface area contributed by atoms with Gasteiger partial charge in [-0.25, -0.2) is 15.5 Å². The van der Waals surface area contributed by atoms with Crippen LogP contribution in [0.5, 0.6) is 11.5 Å². The van der Waals surface area contributed by atoms with Gasteiger partial charge in [0.05, 0.1) is 6.54 Å². The summed E-state index contributed by atoms with van der Waals surface area (Å²) in [7, 11) is 0. The van der Waals surface area contributed by atoms with E-state index in [1.54, 1.807) is 13.1 Å². The Morgan fingerprint density at radius 3 is 3.00 bits per heavy atom. The first kappa shape index (κ1) is 21.4. The van der Waals surface area contributed by atoms with Crippen molar-refractivity contribution in [2.45, 2.75) is 26.0 Å². The third-order valence-corrected chi connectivity index (χ3v) is 5.02. The second-order valence-electron chi connectivity index (χ2n) is 7.38. The first-order chi connectivity index (χ1) is 15.5. The number of ether oxygens (including phenoxy) is 2. The van der Waals surface area contributed by atoms with Gasteiger partial charge in [-0.3, -0.25) is 19.0 Å². The number of aliphatic imine (C=N–C) groups is 1. The molecule has 0 saturated carbocycles. The molecule has 0 fully saturated rings. The largest absolute Gasteiger partial charge is 0.454 e. The zero-order valence-electron chi connectivity index (χ0n) is 17.6. The Balaban J connectivity index is 1.31. The maximum atomic E-state index is 12.8. The summed E-state index contributed by atoms with van der Waals surface area (Å²) in [5, 5.41) is 5.79. The molecule has 0 spiro atoms. The number of hydrogen-bond acceptors (Lipinski definition) is 10. The van der Waals surface area contributed by atoms with Gasteiger partial charge in [-0.2, -0.15) is 0 Å². The van der Waals surface area contributed by atoms with Crippen molar-refractivity contribution < 1.29 is 19.1 Å². The lowest BCUT2D eigenvalue weighted by Crippen LogP contribution is -2.46. The summed E-state index contributed by atoms with van der Waals surface area (Å²) in [5.41, 5.74) is 9.19. The van der Waals surface area contributed by atoms with Crippen LogP contribution in [0.25, 0.3) is 0 Å². The molecule has 2 aliphatic heterocycles. The summed E-state index contributed by atoms with van der Waals surface area (Å²) in [4.78, 5) is 38.6. The van der Waals surface area contributed by atoms with Crippen LogP contribution in [0.1, 0.15) is 11.3 Å². The Morgan fingerprint density at radius 1 is 1.34 bits per heavy atom. The number of rotatable bonds is 8. The maximum absolute atomic E-state index is 12.8. The highest BCUT2D eigenvalue weighted by molar-refractivity contribution is 5.77. The number of nitrogens with one attached hydrogen (secondary N) is 3. The fourth-order valence-corrected chi connectivity index (χ4v) is 3.26. The average Bonchev–Trinajstić information content (AvgIpc) is 3.26. The zero-order chi connectivity index (χ0) is 22.5. The van der Waals surface area contributed by atoms with Gasteiger partial charge in [0.1, 0.15) is 12.6 Å². The van der Waals surface area contributed by atoms with Crippen molar-refractivity contribution >= 4 is 17.7 Å². The van der Waals surface area contributed by atoms with E-state index in [2.05, 4.69) is 26.1 Å². The van der Waals surface area contributed by atoms with E-state index in [1.807, 2.05) is 18.2 Å². The van der Waals surface area contributed by atoms with Crippen LogP contribution in [-0.2, 0) is 22.6 Å². The predicted octanol–water partition coefficient (Wildman–Crippen LogP) is -0.731. The number of nitrogens with zero attached hydrogens (tertiary/aromatic N) is 3. The zero-order valence-corrected chi connectivity index (χ0v) is 17.6. The number of anilines is 1. The average molecular weight is 443 g/mol. The molecule has 1 unspecified atom stereocenters. The molecule has 1 atom stereocenters. The van der Waals surface area contributed by atoms with Crippen LogP contribution in [0.2, 0.25) is 0 Å². The van der Waals surface area contributed by atoms with Crippen LogP contribution in [0.15, 0.2) is 34.2 Å². The summed E-state index contributed by atoms with van der Waals surface area (Å²) in [6.45, 7) is 2.89. The van der Waals surface area contributed by atoms with Gasteiger partial charge in [0, 0.05) is 25.0 Å². The van der Waals surface area contributed by atoms with Gasteiger partial charge in [0.15, 0.2) is 17.3 Å². The molecule has 0 saturated heterocycles. The summed E-state index contributed by atoms with van der Waals surface area (Å²) in [6.07, 6.45) is 1.88. The standard InChI is InChI=1S/C20H25N7O5/c1-12-7-24-18(22-5-4-13-2-3-15-16(6-13)31-11-30-15)19(29)27(12)10-17(28)23-8-14-9-25-20(21)26-32-14/h2-3,6-7,14H,4-5,8-11H2,1H3,(H,22,24)(H,23,28)(H3,21,25,26). The molecule has 3 heterocycles. The second kappa shape index (κ2) is 9.56. The van der Waals surface area contributed by atoms with E-state index in [0.29, 0.717) is 31.0 Å². The molecule has 1 aromatic carbocycles. The molecule has 32 heavy (non-hydrogen) atoms. The summed E-state index contributed by atoms with van der Waals surface area (Å²) < 4.78 is 12.1. The van der Waals surface area contributed by atoms with Gasteiger partial charge >= 0.3 is 0 Å². The number of amides is 1. The van der Waals surface area contributed by atoms with Crippen molar-refractivity contribution in [2.24, 2.45) is 10.7 Å². The minimum absolute atomic E-state index is 0.129. The summed E-state index contributed by atoms with van der Waals surface area (Å²) >= 11 is 0. The first-order valence-electron chi connectivity index (χ1n) is 10.2. The number of hydrogen-bond donors (Lipinski definition) is 4. The number of aryl methyl sites for hydroxylation is 1. The quantitative estimate of drug-likeness (QED) is 0.413. The minimum Gasteiger partial charge on any atom is -0.454 e. The fraction of sp³-hybridized carbons (Fsp3) is 0.400. The van der Waals surface area contributed by atoms with Crippen LogP contribution < -0.4 is 36.9 Å². The number of benzene rings is 1. The van der Waals surface area contributed by atoms with Gasteiger partial charge in [-0.15, -0.1) is 0 Å². The first-order valence-corrected chi connectivity index (χ1v) is 10.2. The number of hydroxylamine groups is 1. The van der Waals surface area contributed by atoms with Crippen molar-refractivity contribution in [1.29, 1.82) is 0 Å². The lowest BCUT2D eigenvalue weighted by molar-refractivity contribution is -0.122. The molecule has 1 amide bonds. The molecule has 1 aromatic heterocycles. The normalized spacial score (nSPS) is 16.8. The van der Waals surface area contributed by atoms with E-state index >= 15 is 0 Å². The number of fused-ring (bicyclic) bond motifs is 1. The number of guanidine groups is 1. The maximum Gasteiger partial charge on any atom is 0.293 e. The smallest absolute Gasteiger partial charge is 0.293 e. The van der Waals surface area contributed by atoms with Crippen molar-refractivity contribution in [3.63, 3.8) is 0 Å². The molecule has 0 bridgehead atoms. The van der Waals surface area contributed by atoms with Gasteiger partial charge < -0.3 is 25.8 Å². The molecule has 170 valence electrons. The van der Waals surface area contributed by atoms with E-state index in [4.69, 9.17) is 20.0 Å². The van der Waals surface area contributed by atoms with Crippen LogP contribution in [0.3, 0.4) is 0 Å². The van der Waals surface area contributed by atoms with E-state index in [-0.39, 0.29) is 49.2 Å². The van der Waals surface area contributed by atoms with E-state index in [1.165, 1.54) is 4.57 Å². The molecular formula is C20H25N7O5.